The number of amides is 1. The fourth-order valence-corrected chi connectivity index (χ4v) is 2.74. The van der Waals surface area contributed by atoms with Gasteiger partial charge in [0.05, 0.1) is 5.52 Å². The third kappa shape index (κ3) is 2.65. The summed E-state index contributed by atoms with van der Waals surface area (Å²) in [6.45, 7) is 1.81. The second kappa shape index (κ2) is 5.85. The van der Waals surface area contributed by atoms with Gasteiger partial charge in [-0.1, -0.05) is 30.3 Å². The first-order valence-electron chi connectivity index (χ1n) is 7.80. The number of pyridine rings is 1. The highest BCUT2D eigenvalue weighted by Crippen LogP contribution is 2.33. The first-order chi connectivity index (χ1) is 11.7. The lowest BCUT2D eigenvalue weighted by molar-refractivity contribution is -0.128. The van der Waals surface area contributed by atoms with Crippen LogP contribution in [0.15, 0.2) is 60.7 Å². The van der Waals surface area contributed by atoms with Crippen LogP contribution in [-0.4, -0.2) is 23.1 Å². The minimum Gasteiger partial charge on any atom is -0.482 e. The Morgan fingerprint density at radius 2 is 1.67 bits per heavy atom. The molecule has 0 radical (unpaired) electrons. The second-order valence-corrected chi connectivity index (χ2v) is 5.69. The second-order valence-electron chi connectivity index (χ2n) is 5.69. The molecule has 2 heterocycles. The van der Waals surface area contributed by atoms with Crippen molar-refractivity contribution >= 4 is 22.6 Å². The van der Waals surface area contributed by atoms with Crippen LogP contribution in [0, 0.1) is 0 Å². The van der Waals surface area contributed by atoms with Crippen molar-refractivity contribution in [3.63, 3.8) is 0 Å². The molecule has 120 valence electrons. The third-order valence-corrected chi connectivity index (χ3v) is 3.95. The molecular weight excluding hydrogens is 304 g/mol. The zero-order valence-corrected chi connectivity index (χ0v) is 13.1. The van der Waals surface area contributed by atoms with Gasteiger partial charge in [0.2, 0.25) is 6.10 Å². The summed E-state index contributed by atoms with van der Waals surface area (Å²) >= 11 is 0. The molecule has 0 spiro atoms. The summed E-state index contributed by atoms with van der Waals surface area (Å²) in [5.41, 5.74) is 0.828. The molecule has 0 bridgehead atoms. The molecule has 0 unspecified atom stereocenters. The Morgan fingerprint density at radius 1 is 0.958 bits per heavy atom. The van der Waals surface area contributed by atoms with E-state index >= 15 is 0 Å². The third-order valence-electron chi connectivity index (χ3n) is 3.95. The highest BCUT2D eigenvalue weighted by Gasteiger charge is 2.34. The molecule has 2 aromatic carbocycles. The van der Waals surface area contributed by atoms with Gasteiger partial charge in [0.25, 0.3) is 5.91 Å². The van der Waals surface area contributed by atoms with Crippen LogP contribution in [0.1, 0.15) is 6.92 Å². The quantitative estimate of drug-likeness (QED) is 0.786. The van der Waals surface area contributed by atoms with Crippen molar-refractivity contribution in [3.8, 4) is 11.5 Å². The van der Waals surface area contributed by atoms with E-state index in [1.807, 2.05) is 55.5 Å². The Labute approximate surface area is 139 Å². The Bertz CT molecular complexity index is 910. The number of fused-ring (bicyclic) bond motifs is 2. The fourth-order valence-electron chi connectivity index (χ4n) is 2.74. The summed E-state index contributed by atoms with van der Waals surface area (Å²) in [6.07, 6.45) is -1.12. The average Bonchev–Trinajstić information content (AvgIpc) is 2.61. The number of aromatic nitrogens is 1. The normalized spacial score (nSPS) is 19.0. The molecule has 0 aliphatic carbocycles. The smallest absolute Gasteiger partial charge is 0.270 e. The lowest BCUT2D eigenvalue weighted by atomic mass is 10.1. The molecular formula is C19H16N2O3. The molecule has 3 aromatic rings. The Morgan fingerprint density at radius 3 is 2.50 bits per heavy atom. The van der Waals surface area contributed by atoms with Crippen molar-refractivity contribution in [2.75, 3.05) is 5.32 Å². The maximum Gasteiger partial charge on any atom is 0.270 e. The monoisotopic (exact) mass is 320 g/mol. The summed E-state index contributed by atoms with van der Waals surface area (Å²) in [4.78, 5) is 17.0. The summed E-state index contributed by atoms with van der Waals surface area (Å²) in [5.74, 6) is 1.44. The average molecular weight is 320 g/mol. The number of nitrogens with one attached hydrogen (secondary N) is 1. The van der Waals surface area contributed by atoms with E-state index in [1.54, 1.807) is 12.1 Å². The van der Waals surface area contributed by atoms with Crippen LogP contribution in [0.2, 0.25) is 0 Å². The minimum atomic E-state index is -0.729. The van der Waals surface area contributed by atoms with Gasteiger partial charge in [0, 0.05) is 5.39 Å². The topological polar surface area (TPSA) is 60.5 Å². The molecule has 4 rings (SSSR count). The zero-order chi connectivity index (χ0) is 16.5. The molecule has 0 fully saturated rings. The van der Waals surface area contributed by atoms with Crippen LogP contribution in [-0.2, 0) is 4.79 Å². The summed E-state index contributed by atoms with van der Waals surface area (Å²) < 4.78 is 11.6. The number of rotatable bonds is 2. The largest absolute Gasteiger partial charge is 0.482 e. The number of hydrogen-bond donors (Lipinski definition) is 1. The van der Waals surface area contributed by atoms with E-state index in [4.69, 9.17) is 9.47 Å². The number of nitrogens with zero attached hydrogens (tertiary/aromatic N) is 1. The molecule has 1 aliphatic heterocycles. The molecule has 5 heteroatoms. The fraction of sp³-hybridized carbons (Fsp3) is 0.158. The number of hydrogen-bond acceptors (Lipinski definition) is 4. The van der Waals surface area contributed by atoms with Crippen LogP contribution in [0.25, 0.3) is 10.9 Å². The van der Waals surface area contributed by atoms with Crippen LogP contribution >= 0.6 is 0 Å². The van der Waals surface area contributed by atoms with Crippen molar-refractivity contribution in [2.24, 2.45) is 0 Å². The predicted molar refractivity (Wildman–Crippen MR) is 91.3 cm³/mol. The molecule has 2 atom stereocenters. The maximum atomic E-state index is 12.6. The Kier molecular flexibility index (Phi) is 3.54. The van der Waals surface area contributed by atoms with Gasteiger partial charge in [0.15, 0.2) is 11.5 Å². The van der Waals surface area contributed by atoms with Crippen LogP contribution < -0.4 is 14.8 Å². The lowest BCUT2D eigenvalue weighted by Crippen LogP contribution is -2.46. The molecule has 0 saturated carbocycles. The van der Waals surface area contributed by atoms with Gasteiger partial charge in [0.1, 0.15) is 11.9 Å². The standard InChI is InChI=1S/C19H16N2O3/c1-12-18(24-16-9-5-4-8-15(16)23-12)19(22)21-17-11-10-13-6-2-3-7-14(13)20-17/h2-12,18H,1H3,(H,20,21,22)/t12-,18+/m0/s1. The molecule has 0 saturated heterocycles. The van der Waals surface area contributed by atoms with Gasteiger partial charge in [-0.05, 0) is 37.3 Å². The van der Waals surface area contributed by atoms with Crippen molar-refractivity contribution in [1.29, 1.82) is 0 Å². The van der Waals surface area contributed by atoms with E-state index in [-0.39, 0.29) is 12.0 Å². The predicted octanol–water partition coefficient (Wildman–Crippen LogP) is 3.40. The lowest BCUT2D eigenvalue weighted by Gasteiger charge is -2.30. The van der Waals surface area contributed by atoms with Gasteiger partial charge in [-0.3, -0.25) is 4.79 Å². The minimum absolute atomic E-state index is 0.278. The van der Waals surface area contributed by atoms with Crippen LogP contribution in [0.4, 0.5) is 5.82 Å². The first-order valence-corrected chi connectivity index (χ1v) is 7.80. The van der Waals surface area contributed by atoms with Gasteiger partial charge < -0.3 is 14.8 Å². The highest BCUT2D eigenvalue weighted by atomic mass is 16.6. The number of ether oxygens (including phenoxy) is 2. The van der Waals surface area contributed by atoms with E-state index in [9.17, 15) is 4.79 Å². The molecule has 1 aliphatic rings. The van der Waals surface area contributed by atoms with Gasteiger partial charge in [-0.2, -0.15) is 0 Å². The molecule has 5 nitrogen and oxygen atoms in total. The van der Waals surface area contributed by atoms with Crippen molar-refractivity contribution < 1.29 is 14.3 Å². The number of carbonyl (C=O) groups is 1. The summed E-state index contributed by atoms with van der Waals surface area (Å²) in [5, 5.41) is 3.83. The van der Waals surface area contributed by atoms with Gasteiger partial charge >= 0.3 is 0 Å². The molecule has 24 heavy (non-hydrogen) atoms. The van der Waals surface area contributed by atoms with Gasteiger partial charge in [-0.25, -0.2) is 4.98 Å². The van der Waals surface area contributed by atoms with Crippen molar-refractivity contribution in [3.05, 3.63) is 60.7 Å². The van der Waals surface area contributed by atoms with Crippen LogP contribution in [0.3, 0.4) is 0 Å². The Hall–Kier alpha value is -3.08. The van der Waals surface area contributed by atoms with E-state index in [1.165, 1.54) is 0 Å². The van der Waals surface area contributed by atoms with E-state index in [0.29, 0.717) is 17.3 Å². The van der Waals surface area contributed by atoms with Crippen molar-refractivity contribution in [1.82, 2.24) is 4.98 Å². The van der Waals surface area contributed by atoms with Gasteiger partial charge in [-0.15, -0.1) is 0 Å². The number of benzene rings is 2. The summed E-state index contributed by atoms with van der Waals surface area (Å²) in [7, 11) is 0. The molecule has 1 amide bonds. The number of anilines is 1. The summed E-state index contributed by atoms with van der Waals surface area (Å²) in [6, 6.07) is 18.8. The molecule has 1 N–H and O–H groups in total. The van der Waals surface area contributed by atoms with E-state index in [2.05, 4.69) is 10.3 Å². The van der Waals surface area contributed by atoms with Crippen molar-refractivity contribution in [2.45, 2.75) is 19.1 Å². The maximum absolute atomic E-state index is 12.6. The number of carbonyl (C=O) groups excluding carboxylic acids is 1. The first kappa shape index (κ1) is 14.5. The van der Waals surface area contributed by atoms with E-state index < -0.39 is 6.10 Å². The Balaban J connectivity index is 1.55. The van der Waals surface area contributed by atoms with E-state index in [0.717, 1.165) is 10.9 Å². The SMILES string of the molecule is C[C@@H]1Oc2ccccc2O[C@H]1C(=O)Nc1ccc2ccccc2n1. The zero-order valence-electron chi connectivity index (χ0n) is 13.1. The molecule has 1 aromatic heterocycles. The van der Waals surface area contributed by atoms with Crippen LogP contribution in [0.5, 0.6) is 11.5 Å². The number of para-hydroxylation sites is 3. The highest BCUT2D eigenvalue weighted by molar-refractivity contribution is 5.95.